The molecular weight excluding hydrogens is 86.1 g/mol. The molecule has 0 saturated carbocycles. The molecule has 1 nitrogen and oxygen atoms in total. The van der Waals surface area contributed by atoms with Crippen molar-refractivity contribution in [2.75, 3.05) is 13.1 Å². The van der Waals surface area contributed by atoms with E-state index in [1.54, 1.807) is 0 Å². The first-order valence-corrected chi connectivity index (χ1v) is 3.10. The molecule has 7 heavy (non-hydrogen) atoms. The predicted molar refractivity (Wildman–Crippen MR) is 33.4 cm³/mol. The fourth-order valence-corrected chi connectivity index (χ4v) is 0.433. The molecule has 1 aliphatic heterocycles. The maximum Gasteiger partial charge on any atom is -0.00109 e. The van der Waals surface area contributed by atoms with Crippen LogP contribution in [0, 0.1) is 5.92 Å². The fourth-order valence-electron chi connectivity index (χ4n) is 0.433. The molecule has 0 bridgehead atoms. The Morgan fingerprint density at radius 3 is 1.57 bits per heavy atom. The van der Waals surface area contributed by atoms with Gasteiger partial charge in [0.05, 0.1) is 0 Å². The second-order valence-corrected chi connectivity index (χ2v) is 1.76. The second-order valence-electron chi connectivity index (χ2n) is 1.76. The number of nitrogens with one attached hydrogen (secondary N) is 1. The highest BCUT2D eigenvalue weighted by atomic mass is 14.9. The van der Waals surface area contributed by atoms with Crippen LogP contribution in [0.15, 0.2) is 0 Å². The van der Waals surface area contributed by atoms with Gasteiger partial charge < -0.3 is 5.32 Å². The summed E-state index contributed by atoms with van der Waals surface area (Å²) < 4.78 is 0. The van der Waals surface area contributed by atoms with E-state index in [0.717, 1.165) is 5.92 Å². The number of hydrogen-bond acceptors (Lipinski definition) is 1. The van der Waals surface area contributed by atoms with E-state index < -0.39 is 0 Å². The van der Waals surface area contributed by atoms with Gasteiger partial charge in [-0.15, -0.1) is 0 Å². The molecule has 1 rings (SSSR count). The van der Waals surface area contributed by atoms with E-state index in [1.807, 2.05) is 13.8 Å². The highest BCUT2D eigenvalue weighted by molar-refractivity contribution is 4.68. The standard InChI is InChI=1S/C4H9N.C2H6/c1-4-2-5-3-4;1-2/h4-5H,2-3H2,1H3;1-2H3. The van der Waals surface area contributed by atoms with Gasteiger partial charge >= 0.3 is 0 Å². The third-order valence-electron chi connectivity index (χ3n) is 0.986. The van der Waals surface area contributed by atoms with Crippen LogP contribution in [0.5, 0.6) is 0 Å². The Hall–Kier alpha value is -0.0400. The van der Waals surface area contributed by atoms with Crippen molar-refractivity contribution in [1.82, 2.24) is 5.32 Å². The van der Waals surface area contributed by atoms with Gasteiger partial charge in [0.15, 0.2) is 0 Å². The Balaban J connectivity index is 0.000000162. The SMILES string of the molecule is CC.CC1CNC1. The Bertz CT molecular complexity index is 31.2. The van der Waals surface area contributed by atoms with Crippen LogP contribution in [-0.4, -0.2) is 13.1 Å². The monoisotopic (exact) mass is 101 g/mol. The summed E-state index contributed by atoms with van der Waals surface area (Å²) in [5, 5.41) is 3.16. The minimum atomic E-state index is 0.954. The Morgan fingerprint density at radius 1 is 1.29 bits per heavy atom. The quantitative estimate of drug-likeness (QED) is 0.484. The van der Waals surface area contributed by atoms with E-state index in [4.69, 9.17) is 0 Å². The van der Waals surface area contributed by atoms with Crippen LogP contribution < -0.4 is 5.32 Å². The predicted octanol–water partition coefficient (Wildman–Crippen LogP) is 1.25. The second kappa shape index (κ2) is 4.13. The molecule has 1 fully saturated rings. The maximum atomic E-state index is 3.16. The summed E-state index contributed by atoms with van der Waals surface area (Å²) in [6.45, 7) is 8.72. The van der Waals surface area contributed by atoms with Crippen molar-refractivity contribution in [3.8, 4) is 0 Å². The molecule has 1 saturated heterocycles. The first-order chi connectivity index (χ1) is 3.39. The largest absolute Gasteiger partial charge is 0.316 e. The average Bonchev–Trinajstić information content (AvgIpc) is 1.68. The van der Waals surface area contributed by atoms with E-state index in [0.29, 0.717) is 0 Å². The minimum absolute atomic E-state index is 0.954. The first kappa shape index (κ1) is 6.96. The van der Waals surface area contributed by atoms with Crippen molar-refractivity contribution < 1.29 is 0 Å². The van der Waals surface area contributed by atoms with Gasteiger partial charge in [-0.05, 0) is 19.0 Å². The molecular formula is C6H15N. The van der Waals surface area contributed by atoms with E-state index in [9.17, 15) is 0 Å². The summed E-state index contributed by atoms with van der Waals surface area (Å²) in [5.41, 5.74) is 0. The summed E-state index contributed by atoms with van der Waals surface area (Å²) in [6, 6.07) is 0. The van der Waals surface area contributed by atoms with Gasteiger partial charge in [-0.2, -0.15) is 0 Å². The zero-order chi connectivity index (χ0) is 5.70. The van der Waals surface area contributed by atoms with Gasteiger partial charge in [-0.3, -0.25) is 0 Å². The fraction of sp³-hybridized carbons (Fsp3) is 1.00. The van der Waals surface area contributed by atoms with Crippen molar-refractivity contribution in [3.63, 3.8) is 0 Å². The van der Waals surface area contributed by atoms with E-state index in [-0.39, 0.29) is 0 Å². The van der Waals surface area contributed by atoms with Crippen LogP contribution in [-0.2, 0) is 0 Å². The van der Waals surface area contributed by atoms with Gasteiger partial charge in [0, 0.05) is 0 Å². The van der Waals surface area contributed by atoms with Crippen LogP contribution in [0.25, 0.3) is 0 Å². The molecule has 0 spiro atoms. The van der Waals surface area contributed by atoms with E-state index in [2.05, 4.69) is 12.2 Å². The molecule has 1 N–H and O–H groups in total. The molecule has 44 valence electrons. The lowest BCUT2D eigenvalue weighted by Gasteiger charge is -2.21. The average molecular weight is 101 g/mol. The van der Waals surface area contributed by atoms with Crippen molar-refractivity contribution in [1.29, 1.82) is 0 Å². The van der Waals surface area contributed by atoms with Crippen LogP contribution in [0.3, 0.4) is 0 Å². The lowest BCUT2D eigenvalue weighted by Crippen LogP contribution is -2.39. The molecule has 0 amide bonds. The number of rotatable bonds is 0. The van der Waals surface area contributed by atoms with Crippen LogP contribution in [0.4, 0.5) is 0 Å². The molecule has 1 heterocycles. The van der Waals surface area contributed by atoms with Crippen molar-refractivity contribution >= 4 is 0 Å². The molecule has 1 aliphatic rings. The van der Waals surface area contributed by atoms with Crippen molar-refractivity contribution in [2.45, 2.75) is 20.8 Å². The minimum Gasteiger partial charge on any atom is -0.316 e. The third-order valence-corrected chi connectivity index (χ3v) is 0.986. The zero-order valence-corrected chi connectivity index (χ0v) is 5.49. The van der Waals surface area contributed by atoms with Crippen LogP contribution >= 0.6 is 0 Å². The van der Waals surface area contributed by atoms with Gasteiger partial charge in [0.2, 0.25) is 0 Å². The lowest BCUT2D eigenvalue weighted by atomic mass is 10.1. The van der Waals surface area contributed by atoms with Gasteiger partial charge in [-0.1, -0.05) is 20.8 Å². The smallest absolute Gasteiger partial charge is 0.00109 e. The summed E-state index contributed by atoms with van der Waals surface area (Å²) in [4.78, 5) is 0. The normalized spacial score (nSPS) is 19.3. The Labute approximate surface area is 46.1 Å². The summed E-state index contributed by atoms with van der Waals surface area (Å²) in [6.07, 6.45) is 0. The Kier molecular flexibility index (Phi) is 4.10. The van der Waals surface area contributed by atoms with Crippen LogP contribution in [0.1, 0.15) is 20.8 Å². The molecule has 0 unspecified atom stereocenters. The molecule has 0 aromatic rings. The molecule has 0 aliphatic carbocycles. The highest BCUT2D eigenvalue weighted by Crippen LogP contribution is 1.96. The first-order valence-electron chi connectivity index (χ1n) is 3.10. The third kappa shape index (κ3) is 2.63. The number of hydrogen-bond donors (Lipinski definition) is 1. The topological polar surface area (TPSA) is 12.0 Å². The lowest BCUT2D eigenvalue weighted by molar-refractivity contribution is 0.379. The summed E-state index contributed by atoms with van der Waals surface area (Å²) >= 11 is 0. The van der Waals surface area contributed by atoms with E-state index in [1.165, 1.54) is 13.1 Å². The molecule has 0 aromatic heterocycles. The van der Waals surface area contributed by atoms with Gasteiger partial charge in [0.25, 0.3) is 0 Å². The summed E-state index contributed by atoms with van der Waals surface area (Å²) in [5.74, 6) is 0.954. The summed E-state index contributed by atoms with van der Waals surface area (Å²) in [7, 11) is 0. The zero-order valence-electron chi connectivity index (χ0n) is 5.49. The van der Waals surface area contributed by atoms with Gasteiger partial charge in [-0.25, -0.2) is 0 Å². The van der Waals surface area contributed by atoms with E-state index >= 15 is 0 Å². The Morgan fingerprint density at radius 2 is 1.57 bits per heavy atom. The molecule has 0 radical (unpaired) electrons. The van der Waals surface area contributed by atoms with Gasteiger partial charge in [0.1, 0.15) is 0 Å². The molecule has 1 heteroatoms. The highest BCUT2D eigenvalue weighted by Gasteiger charge is 2.07. The maximum absolute atomic E-state index is 3.16. The van der Waals surface area contributed by atoms with Crippen molar-refractivity contribution in [3.05, 3.63) is 0 Å². The molecule has 0 atom stereocenters. The van der Waals surface area contributed by atoms with Crippen molar-refractivity contribution in [2.24, 2.45) is 5.92 Å². The molecule has 0 aromatic carbocycles. The van der Waals surface area contributed by atoms with Crippen LogP contribution in [0.2, 0.25) is 0 Å².